The molecule has 0 atom stereocenters. The van der Waals surface area contributed by atoms with E-state index < -0.39 is 5.56 Å². The van der Waals surface area contributed by atoms with Gasteiger partial charge >= 0.3 is 0 Å². The number of hydrogen-bond donors (Lipinski definition) is 1. The van der Waals surface area contributed by atoms with Crippen LogP contribution in [0.15, 0.2) is 29.3 Å². The van der Waals surface area contributed by atoms with E-state index >= 15 is 0 Å². The van der Waals surface area contributed by atoms with E-state index in [1.54, 1.807) is 24.5 Å². The Hall–Kier alpha value is -2.68. The number of rotatable bonds is 2. The summed E-state index contributed by atoms with van der Waals surface area (Å²) in [5.41, 5.74) is 0.712. The fourth-order valence-electron chi connectivity index (χ4n) is 2.53. The summed E-state index contributed by atoms with van der Waals surface area (Å²) in [5, 5.41) is 9.22. The van der Waals surface area contributed by atoms with Gasteiger partial charge in [0.05, 0.1) is 5.69 Å². The van der Waals surface area contributed by atoms with Gasteiger partial charge in [-0.25, -0.2) is 4.98 Å². The third-order valence-corrected chi connectivity index (χ3v) is 3.61. The minimum atomic E-state index is -0.396. The number of piperidine rings is 1. The molecule has 21 heavy (non-hydrogen) atoms. The van der Waals surface area contributed by atoms with Crippen LogP contribution in [0.3, 0.4) is 0 Å². The quantitative estimate of drug-likeness (QED) is 0.905. The van der Waals surface area contributed by atoms with Crippen molar-refractivity contribution in [2.75, 3.05) is 18.0 Å². The number of H-pyrrole nitrogens is 1. The van der Waals surface area contributed by atoms with Gasteiger partial charge in [-0.2, -0.15) is 5.26 Å². The van der Waals surface area contributed by atoms with Gasteiger partial charge in [-0.1, -0.05) is 0 Å². The first-order valence-corrected chi connectivity index (χ1v) is 6.99. The Labute approximate surface area is 122 Å². The van der Waals surface area contributed by atoms with Crippen molar-refractivity contribution in [3.63, 3.8) is 0 Å². The van der Waals surface area contributed by atoms with Gasteiger partial charge in [0.2, 0.25) is 5.95 Å². The number of pyridine rings is 1. The molecule has 0 unspecified atom stereocenters. The van der Waals surface area contributed by atoms with Crippen LogP contribution in [-0.2, 0) is 0 Å². The van der Waals surface area contributed by atoms with E-state index in [0.29, 0.717) is 17.2 Å². The molecule has 0 radical (unpaired) electrons. The van der Waals surface area contributed by atoms with Gasteiger partial charge < -0.3 is 4.90 Å². The van der Waals surface area contributed by atoms with Crippen molar-refractivity contribution in [1.29, 1.82) is 5.26 Å². The number of nitrogens with zero attached hydrogens (tertiary/aromatic N) is 4. The van der Waals surface area contributed by atoms with Gasteiger partial charge in [-0.05, 0) is 31.4 Å². The smallest absolute Gasteiger partial charge is 0.270 e. The Bertz CT molecular complexity index is 726. The van der Waals surface area contributed by atoms with E-state index in [2.05, 4.69) is 19.9 Å². The lowest BCUT2D eigenvalue weighted by Gasteiger charge is -2.27. The topological polar surface area (TPSA) is 85.7 Å². The zero-order chi connectivity index (χ0) is 14.7. The molecule has 0 spiro atoms. The molecule has 6 nitrogen and oxygen atoms in total. The molecule has 1 fully saturated rings. The molecule has 3 rings (SSSR count). The van der Waals surface area contributed by atoms with Crippen molar-refractivity contribution in [3.8, 4) is 17.3 Å². The number of aromatic amines is 1. The number of anilines is 1. The molecule has 1 aliphatic rings. The van der Waals surface area contributed by atoms with Crippen LogP contribution in [0.5, 0.6) is 0 Å². The van der Waals surface area contributed by atoms with Crippen molar-refractivity contribution >= 4 is 5.95 Å². The van der Waals surface area contributed by atoms with Gasteiger partial charge in [0.15, 0.2) is 0 Å². The largest absolute Gasteiger partial charge is 0.342 e. The SMILES string of the molecule is N#Cc1c(-c2cccnc2)nc(N2CCCCC2)[nH]c1=O. The molecule has 1 N–H and O–H groups in total. The monoisotopic (exact) mass is 281 g/mol. The van der Waals surface area contributed by atoms with Crippen molar-refractivity contribution < 1.29 is 0 Å². The Morgan fingerprint density at radius 1 is 1.29 bits per heavy atom. The van der Waals surface area contributed by atoms with Crippen LogP contribution in [0.1, 0.15) is 24.8 Å². The van der Waals surface area contributed by atoms with Crippen molar-refractivity contribution in [1.82, 2.24) is 15.0 Å². The van der Waals surface area contributed by atoms with Crippen LogP contribution < -0.4 is 10.5 Å². The molecular weight excluding hydrogens is 266 g/mol. The highest BCUT2D eigenvalue weighted by molar-refractivity contribution is 5.66. The Balaban J connectivity index is 2.11. The summed E-state index contributed by atoms with van der Waals surface area (Å²) < 4.78 is 0. The van der Waals surface area contributed by atoms with Crippen LogP contribution in [0, 0.1) is 11.3 Å². The standard InChI is InChI=1S/C15H15N5O/c16-9-12-13(11-5-4-6-17-10-11)18-15(19-14(12)21)20-7-2-1-3-8-20/h4-6,10H,1-3,7-8H2,(H,18,19,21). The molecule has 0 amide bonds. The summed E-state index contributed by atoms with van der Waals surface area (Å²) in [4.78, 5) is 25.5. The van der Waals surface area contributed by atoms with Crippen molar-refractivity contribution in [2.24, 2.45) is 0 Å². The Morgan fingerprint density at radius 3 is 2.76 bits per heavy atom. The number of nitrogens with one attached hydrogen (secondary N) is 1. The van der Waals surface area contributed by atoms with Crippen molar-refractivity contribution in [2.45, 2.75) is 19.3 Å². The van der Waals surface area contributed by atoms with Gasteiger partial charge in [0.25, 0.3) is 5.56 Å². The molecular formula is C15H15N5O. The average molecular weight is 281 g/mol. The summed E-state index contributed by atoms with van der Waals surface area (Å²) >= 11 is 0. The molecule has 0 bridgehead atoms. The third-order valence-electron chi connectivity index (χ3n) is 3.61. The summed E-state index contributed by atoms with van der Waals surface area (Å²) in [6, 6.07) is 5.50. The van der Waals surface area contributed by atoms with E-state index in [9.17, 15) is 10.1 Å². The summed E-state index contributed by atoms with van der Waals surface area (Å²) in [7, 11) is 0. The summed E-state index contributed by atoms with van der Waals surface area (Å²) in [6.07, 6.45) is 6.64. The highest BCUT2D eigenvalue weighted by Crippen LogP contribution is 2.21. The highest BCUT2D eigenvalue weighted by atomic mass is 16.1. The number of nitriles is 1. The van der Waals surface area contributed by atoms with Crippen LogP contribution >= 0.6 is 0 Å². The van der Waals surface area contributed by atoms with Crippen LogP contribution in [0.25, 0.3) is 11.3 Å². The Kier molecular flexibility index (Phi) is 3.65. The maximum Gasteiger partial charge on any atom is 0.270 e. The van der Waals surface area contributed by atoms with E-state index in [0.717, 1.165) is 25.9 Å². The minimum Gasteiger partial charge on any atom is -0.342 e. The summed E-state index contributed by atoms with van der Waals surface area (Å²) in [6.45, 7) is 1.75. The molecule has 0 saturated carbocycles. The minimum absolute atomic E-state index is 0.0313. The first kappa shape index (κ1) is 13.3. The molecule has 3 heterocycles. The Morgan fingerprint density at radius 2 is 2.10 bits per heavy atom. The van der Waals surface area contributed by atoms with E-state index in [4.69, 9.17) is 0 Å². The maximum atomic E-state index is 12.1. The van der Waals surface area contributed by atoms with Crippen molar-refractivity contribution in [3.05, 3.63) is 40.4 Å². The maximum absolute atomic E-state index is 12.1. The zero-order valence-electron chi connectivity index (χ0n) is 11.5. The van der Waals surface area contributed by atoms with Gasteiger partial charge in [0, 0.05) is 31.0 Å². The molecule has 6 heteroatoms. The fourth-order valence-corrected chi connectivity index (χ4v) is 2.53. The van der Waals surface area contributed by atoms with Gasteiger partial charge in [-0.15, -0.1) is 0 Å². The second kappa shape index (κ2) is 5.75. The second-order valence-corrected chi connectivity index (χ2v) is 5.01. The molecule has 2 aromatic heterocycles. The number of hydrogen-bond acceptors (Lipinski definition) is 5. The molecule has 106 valence electrons. The fraction of sp³-hybridized carbons (Fsp3) is 0.333. The normalized spacial score (nSPS) is 14.7. The molecule has 2 aromatic rings. The lowest BCUT2D eigenvalue weighted by molar-refractivity contribution is 0.567. The van der Waals surface area contributed by atoms with E-state index in [1.165, 1.54) is 6.42 Å². The highest BCUT2D eigenvalue weighted by Gasteiger charge is 2.18. The van der Waals surface area contributed by atoms with Gasteiger partial charge in [-0.3, -0.25) is 14.8 Å². The zero-order valence-corrected chi connectivity index (χ0v) is 11.5. The predicted octanol–water partition coefficient (Wildman–Crippen LogP) is 1.69. The molecule has 1 aliphatic heterocycles. The average Bonchev–Trinajstić information content (AvgIpc) is 2.55. The lowest BCUT2D eigenvalue weighted by atomic mass is 10.1. The number of aromatic nitrogens is 3. The van der Waals surface area contributed by atoms with Crippen LogP contribution in [-0.4, -0.2) is 28.0 Å². The van der Waals surface area contributed by atoms with E-state index in [-0.39, 0.29) is 5.56 Å². The molecule has 1 saturated heterocycles. The first-order chi connectivity index (χ1) is 10.3. The van der Waals surface area contributed by atoms with Gasteiger partial charge in [0.1, 0.15) is 11.6 Å². The predicted molar refractivity (Wildman–Crippen MR) is 78.9 cm³/mol. The summed E-state index contributed by atoms with van der Waals surface area (Å²) in [5.74, 6) is 0.539. The van der Waals surface area contributed by atoms with Crippen LogP contribution in [0.2, 0.25) is 0 Å². The molecule has 0 aromatic carbocycles. The lowest BCUT2D eigenvalue weighted by Crippen LogP contribution is -2.33. The third kappa shape index (κ3) is 2.63. The van der Waals surface area contributed by atoms with Crippen LogP contribution in [0.4, 0.5) is 5.95 Å². The first-order valence-electron chi connectivity index (χ1n) is 6.99. The van der Waals surface area contributed by atoms with E-state index in [1.807, 2.05) is 6.07 Å². The molecule has 0 aliphatic carbocycles. The second-order valence-electron chi connectivity index (χ2n) is 5.01.